The molecule has 0 radical (unpaired) electrons. The zero-order valence-electron chi connectivity index (χ0n) is 20.5. The number of fused-ring (bicyclic) bond motifs is 1. The fourth-order valence-electron chi connectivity index (χ4n) is 4.61. The highest BCUT2D eigenvalue weighted by molar-refractivity contribution is 5.92. The summed E-state index contributed by atoms with van der Waals surface area (Å²) in [6, 6.07) is 23.3. The Kier molecular flexibility index (Phi) is 6.58. The van der Waals surface area contributed by atoms with E-state index in [0.29, 0.717) is 49.6 Å². The quantitative estimate of drug-likeness (QED) is 0.443. The summed E-state index contributed by atoms with van der Waals surface area (Å²) in [4.78, 5) is 34.5. The molecule has 8 heteroatoms. The predicted molar refractivity (Wildman–Crippen MR) is 143 cm³/mol. The Morgan fingerprint density at radius 1 is 0.972 bits per heavy atom. The van der Waals surface area contributed by atoms with Crippen LogP contribution in [0, 0.1) is 6.92 Å². The average molecular weight is 484 g/mol. The number of hydrogen-bond donors (Lipinski definition) is 1. The van der Waals surface area contributed by atoms with Gasteiger partial charge in [-0.2, -0.15) is 0 Å². The van der Waals surface area contributed by atoms with Crippen LogP contribution in [-0.2, 0) is 4.74 Å². The van der Waals surface area contributed by atoms with Gasteiger partial charge in [-0.05, 0) is 44.2 Å². The van der Waals surface area contributed by atoms with Crippen LogP contribution in [-0.4, -0.2) is 53.3 Å². The first-order valence-electron chi connectivity index (χ1n) is 12.2. The highest BCUT2D eigenvalue weighted by Crippen LogP contribution is 2.30. The molecule has 0 saturated carbocycles. The largest absolute Gasteiger partial charge is 0.450 e. The molecule has 1 saturated heterocycles. The molecule has 36 heavy (non-hydrogen) atoms. The standard InChI is InChI=1S/C28H29N5O3/c1-3-36-28(35)32-16-14-31(15-17-32)23-18-20(2)29-27-26(23)24(34)19-25(30-21-10-6-4-7-11-21)33(27)22-12-8-5-9-13-22/h4-13,18-19,30H,3,14-17H2,1-2H3. The van der Waals surface area contributed by atoms with Crippen LogP contribution in [0.3, 0.4) is 0 Å². The minimum Gasteiger partial charge on any atom is -0.450 e. The molecular weight excluding hydrogens is 454 g/mol. The molecule has 1 fully saturated rings. The Hall–Kier alpha value is -4.33. The van der Waals surface area contributed by atoms with Gasteiger partial charge in [0.05, 0.1) is 17.7 Å². The lowest BCUT2D eigenvalue weighted by Gasteiger charge is -2.36. The van der Waals surface area contributed by atoms with E-state index in [1.807, 2.05) is 78.2 Å². The molecular formula is C28H29N5O3. The SMILES string of the molecule is CCOC(=O)N1CCN(c2cc(C)nc3c2c(=O)cc(Nc2ccccc2)n3-c2ccccc2)CC1. The van der Waals surface area contributed by atoms with E-state index in [2.05, 4.69) is 10.2 Å². The summed E-state index contributed by atoms with van der Waals surface area (Å²) >= 11 is 0. The lowest BCUT2D eigenvalue weighted by molar-refractivity contribution is 0.105. The molecule has 0 atom stereocenters. The van der Waals surface area contributed by atoms with Crippen LogP contribution in [0.1, 0.15) is 12.6 Å². The zero-order chi connectivity index (χ0) is 25.1. The third-order valence-electron chi connectivity index (χ3n) is 6.28. The Bertz CT molecular complexity index is 1430. The van der Waals surface area contributed by atoms with Gasteiger partial charge in [0.2, 0.25) is 0 Å². The summed E-state index contributed by atoms with van der Waals surface area (Å²) in [5.41, 5.74) is 3.91. The number of nitrogens with one attached hydrogen (secondary N) is 1. The van der Waals surface area contributed by atoms with Gasteiger partial charge in [0, 0.05) is 49.3 Å². The summed E-state index contributed by atoms with van der Waals surface area (Å²) in [6.45, 7) is 6.36. The number of amides is 1. The number of nitrogens with zero attached hydrogens (tertiary/aromatic N) is 4. The van der Waals surface area contributed by atoms with E-state index in [-0.39, 0.29) is 11.5 Å². The number of aryl methyl sites for hydroxylation is 1. The second-order valence-electron chi connectivity index (χ2n) is 8.71. The molecule has 0 bridgehead atoms. The van der Waals surface area contributed by atoms with Crippen LogP contribution in [0.2, 0.25) is 0 Å². The first-order valence-corrected chi connectivity index (χ1v) is 12.2. The zero-order valence-corrected chi connectivity index (χ0v) is 20.5. The maximum atomic E-state index is 13.6. The normalized spacial score (nSPS) is 13.6. The molecule has 1 aliphatic rings. The maximum absolute atomic E-state index is 13.6. The molecule has 3 heterocycles. The van der Waals surface area contributed by atoms with Crippen molar-refractivity contribution >= 4 is 34.3 Å². The Morgan fingerprint density at radius 3 is 2.31 bits per heavy atom. The molecule has 1 aliphatic heterocycles. The van der Waals surface area contributed by atoms with Crippen LogP contribution in [0.4, 0.5) is 22.0 Å². The first kappa shape index (κ1) is 23.4. The highest BCUT2D eigenvalue weighted by atomic mass is 16.6. The van der Waals surface area contributed by atoms with Gasteiger partial charge in [-0.15, -0.1) is 0 Å². The van der Waals surface area contributed by atoms with Crippen molar-refractivity contribution in [3.05, 3.63) is 88.7 Å². The van der Waals surface area contributed by atoms with Crippen molar-refractivity contribution in [2.75, 3.05) is 43.0 Å². The van der Waals surface area contributed by atoms with E-state index in [9.17, 15) is 9.59 Å². The number of ether oxygens (including phenoxy) is 1. The van der Waals surface area contributed by atoms with Gasteiger partial charge in [0.1, 0.15) is 5.82 Å². The molecule has 0 aliphatic carbocycles. The molecule has 184 valence electrons. The van der Waals surface area contributed by atoms with Crippen LogP contribution in [0.15, 0.2) is 77.6 Å². The average Bonchev–Trinajstić information content (AvgIpc) is 2.89. The van der Waals surface area contributed by atoms with Crippen LogP contribution < -0.4 is 15.6 Å². The number of benzene rings is 2. The third-order valence-corrected chi connectivity index (χ3v) is 6.28. The monoisotopic (exact) mass is 483 g/mol. The molecule has 2 aromatic carbocycles. The van der Waals surface area contributed by atoms with Gasteiger partial charge in [0.15, 0.2) is 11.1 Å². The topological polar surface area (TPSA) is 79.7 Å². The van der Waals surface area contributed by atoms with Crippen molar-refractivity contribution in [1.29, 1.82) is 0 Å². The first-order chi connectivity index (χ1) is 17.5. The Labute approximate surface area is 209 Å². The molecule has 8 nitrogen and oxygen atoms in total. The highest BCUT2D eigenvalue weighted by Gasteiger charge is 2.25. The number of anilines is 3. The maximum Gasteiger partial charge on any atom is 0.409 e. The van der Waals surface area contributed by atoms with E-state index < -0.39 is 0 Å². The fourth-order valence-corrected chi connectivity index (χ4v) is 4.61. The summed E-state index contributed by atoms with van der Waals surface area (Å²) < 4.78 is 7.15. The summed E-state index contributed by atoms with van der Waals surface area (Å²) in [5.74, 6) is 0.640. The second-order valence-corrected chi connectivity index (χ2v) is 8.71. The molecule has 0 unspecified atom stereocenters. The van der Waals surface area contributed by atoms with Crippen molar-refractivity contribution in [1.82, 2.24) is 14.5 Å². The van der Waals surface area contributed by atoms with Gasteiger partial charge in [-0.3, -0.25) is 9.36 Å². The molecule has 1 amide bonds. The van der Waals surface area contributed by atoms with Gasteiger partial charge in [-0.25, -0.2) is 9.78 Å². The smallest absolute Gasteiger partial charge is 0.409 e. The third kappa shape index (κ3) is 4.62. The van der Waals surface area contributed by atoms with Gasteiger partial charge in [-0.1, -0.05) is 36.4 Å². The number of pyridine rings is 2. The molecule has 4 aromatic rings. The molecule has 1 N–H and O–H groups in total. The summed E-state index contributed by atoms with van der Waals surface area (Å²) in [5, 5.41) is 3.97. The number of rotatable bonds is 5. The second kappa shape index (κ2) is 10.1. The summed E-state index contributed by atoms with van der Waals surface area (Å²) in [7, 11) is 0. The summed E-state index contributed by atoms with van der Waals surface area (Å²) in [6.07, 6.45) is -0.295. The minimum atomic E-state index is -0.295. The number of carbonyl (C=O) groups excluding carboxylic acids is 1. The van der Waals surface area contributed by atoms with E-state index in [1.54, 1.807) is 17.9 Å². The number of para-hydroxylation sites is 2. The van der Waals surface area contributed by atoms with E-state index in [4.69, 9.17) is 9.72 Å². The van der Waals surface area contributed by atoms with Crippen molar-refractivity contribution in [2.24, 2.45) is 0 Å². The number of aromatic nitrogens is 2. The van der Waals surface area contributed by atoms with Gasteiger partial charge < -0.3 is 19.9 Å². The van der Waals surface area contributed by atoms with Crippen molar-refractivity contribution < 1.29 is 9.53 Å². The van der Waals surface area contributed by atoms with Crippen molar-refractivity contribution in [3.8, 4) is 5.69 Å². The number of piperazine rings is 1. The van der Waals surface area contributed by atoms with Crippen molar-refractivity contribution in [3.63, 3.8) is 0 Å². The predicted octanol–water partition coefficient (Wildman–Crippen LogP) is 4.72. The van der Waals surface area contributed by atoms with E-state index in [1.165, 1.54) is 0 Å². The Morgan fingerprint density at radius 2 is 1.64 bits per heavy atom. The van der Waals surface area contributed by atoms with Crippen molar-refractivity contribution in [2.45, 2.75) is 13.8 Å². The number of carbonyl (C=O) groups is 1. The lowest BCUT2D eigenvalue weighted by atomic mass is 10.1. The van der Waals surface area contributed by atoms with E-state index >= 15 is 0 Å². The molecule has 0 spiro atoms. The molecule has 2 aromatic heterocycles. The molecule has 5 rings (SSSR count). The van der Waals surface area contributed by atoms with Crippen LogP contribution in [0.25, 0.3) is 16.7 Å². The van der Waals surface area contributed by atoms with Crippen LogP contribution >= 0.6 is 0 Å². The Balaban J connectivity index is 1.63. The fraction of sp³-hybridized carbons (Fsp3) is 0.250. The number of hydrogen-bond acceptors (Lipinski definition) is 6. The minimum absolute atomic E-state index is 0.106. The van der Waals surface area contributed by atoms with Gasteiger partial charge >= 0.3 is 6.09 Å². The van der Waals surface area contributed by atoms with E-state index in [0.717, 1.165) is 22.8 Å². The van der Waals surface area contributed by atoms with Gasteiger partial charge in [0.25, 0.3) is 0 Å². The lowest BCUT2D eigenvalue weighted by Crippen LogP contribution is -2.49. The van der Waals surface area contributed by atoms with Crippen LogP contribution in [0.5, 0.6) is 0 Å².